The van der Waals surface area contributed by atoms with Crippen molar-refractivity contribution in [1.29, 1.82) is 0 Å². The topological polar surface area (TPSA) is 47.8 Å². The summed E-state index contributed by atoms with van der Waals surface area (Å²) in [7, 11) is 0. The van der Waals surface area contributed by atoms with E-state index in [9.17, 15) is 4.79 Å². The van der Waals surface area contributed by atoms with E-state index in [-0.39, 0.29) is 25.9 Å². The summed E-state index contributed by atoms with van der Waals surface area (Å²) >= 11 is 0. The van der Waals surface area contributed by atoms with Gasteiger partial charge in [-0.1, -0.05) is 37.3 Å². The van der Waals surface area contributed by atoms with Crippen molar-refractivity contribution in [3.8, 4) is 5.69 Å². The maximum absolute atomic E-state index is 10.1. The van der Waals surface area contributed by atoms with Gasteiger partial charge in [0, 0.05) is 20.1 Å². The van der Waals surface area contributed by atoms with Gasteiger partial charge in [-0.05, 0) is 24.7 Å². The molecule has 4 nitrogen and oxygen atoms in total. The van der Waals surface area contributed by atoms with Crippen LogP contribution < -0.4 is 0 Å². The Bertz CT molecular complexity index is 1060. The fourth-order valence-electron chi connectivity index (χ4n) is 2.62. The van der Waals surface area contributed by atoms with Crippen LogP contribution >= 0.6 is 0 Å². The normalized spacial score (nSPS) is 10.8. The van der Waals surface area contributed by atoms with Crippen molar-refractivity contribution in [3.05, 3.63) is 85.3 Å². The van der Waals surface area contributed by atoms with Crippen molar-refractivity contribution in [2.75, 3.05) is 0 Å². The standard InChI is InChI=1S/C16H10N3.C6H9O.Ir/c1-2-8-13-12(6-1)7-5-11-16(13)19-17-14-9-3-4-10-15(14)18-19;1-5(2)4-6(3)7;/h1-10H;4H,1H2,2-3H3;/q2*-1;. The molecule has 4 rings (SSSR count). The van der Waals surface area contributed by atoms with Crippen molar-refractivity contribution in [3.63, 3.8) is 0 Å². The molecule has 0 spiro atoms. The molecule has 3 aromatic carbocycles. The van der Waals surface area contributed by atoms with E-state index in [2.05, 4.69) is 35.3 Å². The molecule has 0 saturated carbocycles. The van der Waals surface area contributed by atoms with E-state index in [0.29, 0.717) is 0 Å². The van der Waals surface area contributed by atoms with Crippen molar-refractivity contribution >= 4 is 27.6 Å². The quantitative estimate of drug-likeness (QED) is 0.277. The Kier molecular flexibility index (Phi) is 7.05. The summed E-state index contributed by atoms with van der Waals surface area (Å²) in [5.41, 5.74) is 3.48. The van der Waals surface area contributed by atoms with Crippen molar-refractivity contribution in [2.24, 2.45) is 0 Å². The monoisotopic (exact) mass is 534 g/mol. The predicted octanol–water partition coefficient (Wildman–Crippen LogP) is 4.73. The number of hydrogen-bond acceptors (Lipinski definition) is 3. The molecule has 0 aliphatic carbocycles. The molecule has 0 aliphatic heterocycles. The molecule has 0 N–H and O–H groups in total. The number of hydrogen-bond donors (Lipinski definition) is 0. The molecule has 1 heterocycles. The molecule has 0 saturated heterocycles. The van der Waals surface area contributed by atoms with Crippen LogP contribution in [0.4, 0.5) is 0 Å². The zero-order chi connectivity index (χ0) is 18.5. The maximum Gasteiger partial charge on any atom is 0.113 e. The number of carbonyl (C=O) groups is 1. The fraction of sp³-hybridized carbons (Fsp3) is 0.0909. The summed E-state index contributed by atoms with van der Waals surface area (Å²) in [4.78, 5) is 11.8. The van der Waals surface area contributed by atoms with Gasteiger partial charge in [0.15, 0.2) is 0 Å². The van der Waals surface area contributed by atoms with Crippen molar-refractivity contribution < 1.29 is 24.9 Å². The molecule has 27 heavy (non-hydrogen) atoms. The van der Waals surface area contributed by atoms with Crippen LogP contribution in [-0.2, 0) is 24.9 Å². The number of aromatic nitrogens is 3. The summed E-state index contributed by atoms with van der Waals surface area (Å²) in [5.74, 6) is 0.0625. The second-order valence-corrected chi connectivity index (χ2v) is 5.99. The number of nitrogens with zero attached hydrogens (tertiary/aromatic N) is 3. The molecule has 1 aromatic heterocycles. The van der Waals surface area contributed by atoms with Crippen LogP contribution in [0.1, 0.15) is 13.8 Å². The van der Waals surface area contributed by atoms with E-state index in [4.69, 9.17) is 0 Å². The molecule has 0 bridgehead atoms. The first kappa shape index (κ1) is 20.6. The Balaban J connectivity index is 0.000000285. The third-order valence-electron chi connectivity index (χ3n) is 3.64. The predicted molar refractivity (Wildman–Crippen MR) is 105 cm³/mol. The molecule has 0 aliphatic rings. The van der Waals surface area contributed by atoms with Crippen molar-refractivity contribution in [2.45, 2.75) is 13.8 Å². The molecule has 0 fully saturated rings. The van der Waals surface area contributed by atoms with E-state index < -0.39 is 0 Å². The van der Waals surface area contributed by atoms with Crippen molar-refractivity contribution in [1.82, 2.24) is 15.0 Å². The maximum atomic E-state index is 10.1. The number of benzene rings is 3. The Morgan fingerprint density at radius 1 is 1.00 bits per heavy atom. The summed E-state index contributed by atoms with van der Waals surface area (Å²) < 4.78 is 0. The summed E-state index contributed by atoms with van der Waals surface area (Å²) in [5, 5.41) is 11.3. The van der Waals surface area contributed by atoms with Gasteiger partial charge in [0.2, 0.25) is 0 Å². The molecular formula is C22H19IrN3O-2. The minimum absolute atomic E-state index is 0. The number of fused-ring (bicyclic) bond motifs is 2. The summed E-state index contributed by atoms with van der Waals surface area (Å²) in [6, 6.07) is 23.2. The molecule has 5 heteroatoms. The molecule has 0 atom stereocenters. The van der Waals surface area contributed by atoms with E-state index in [1.54, 1.807) is 11.7 Å². The number of rotatable bonds is 2. The van der Waals surface area contributed by atoms with Crippen LogP contribution in [-0.4, -0.2) is 20.8 Å². The summed E-state index contributed by atoms with van der Waals surface area (Å²) in [6.07, 6.45) is 1.50. The second-order valence-electron chi connectivity index (χ2n) is 5.99. The number of ketones is 1. The Morgan fingerprint density at radius 3 is 2.15 bits per heavy atom. The average molecular weight is 534 g/mol. The SMILES string of the molecule is [CH2-]C(C)=CC(C)=O.[Ir].[c-]1ccc2ccccc2c1-n1nc2ccccc2n1. The summed E-state index contributed by atoms with van der Waals surface area (Å²) in [6.45, 7) is 6.82. The van der Waals surface area contributed by atoms with Crippen LogP contribution in [0, 0.1) is 13.0 Å². The molecule has 4 aromatic rings. The third-order valence-corrected chi connectivity index (χ3v) is 3.64. The zero-order valence-corrected chi connectivity index (χ0v) is 17.5. The number of carbonyl (C=O) groups excluding carboxylic acids is 1. The van der Waals surface area contributed by atoms with Gasteiger partial charge in [-0.25, -0.2) is 12.5 Å². The van der Waals surface area contributed by atoms with Gasteiger partial charge in [0.05, 0.1) is 5.78 Å². The van der Waals surface area contributed by atoms with Crippen LogP contribution in [0.15, 0.2) is 72.3 Å². The van der Waals surface area contributed by atoms with E-state index in [1.165, 1.54) is 13.0 Å². The molecular weight excluding hydrogens is 514 g/mol. The van der Waals surface area contributed by atoms with Crippen LogP contribution in [0.5, 0.6) is 0 Å². The third kappa shape index (κ3) is 5.13. The Morgan fingerprint density at radius 2 is 1.59 bits per heavy atom. The molecule has 0 amide bonds. The minimum atomic E-state index is 0. The second kappa shape index (κ2) is 9.26. The molecule has 1 radical (unpaired) electrons. The van der Waals surface area contributed by atoms with Gasteiger partial charge < -0.3 is 4.79 Å². The van der Waals surface area contributed by atoms with Gasteiger partial charge in [0.1, 0.15) is 11.0 Å². The Labute approximate surface area is 172 Å². The van der Waals surface area contributed by atoms with E-state index >= 15 is 0 Å². The van der Waals surface area contributed by atoms with Crippen LogP contribution in [0.2, 0.25) is 0 Å². The van der Waals surface area contributed by atoms with Gasteiger partial charge in [-0.15, -0.1) is 16.8 Å². The molecule has 0 unspecified atom stereocenters. The van der Waals surface area contributed by atoms with Crippen LogP contribution in [0.25, 0.3) is 27.5 Å². The minimum Gasteiger partial charge on any atom is -0.316 e. The van der Waals surface area contributed by atoms with E-state index in [0.717, 1.165) is 33.1 Å². The van der Waals surface area contributed by atoms with Gasteiger partial charge in [-0.3, -0.25) is 0 Å². The van der Waals surface area contributed by atoms with Gasteiger partial charge >= 0.3 is 0 Å². The first-order valence-corrected chi connectivity index (χ1v) is 8.27. The fourth-order valence-corrected chi connectivity index (χ4v) is 2.62. The zero-order valence-electron chi connectivity index (χ0n) is 15.1. The average Bonchev–Trinajstić information content (AvgIpc) is 3.04. The first-order chi connectivity index (χ1) is 12.5. The number of allylic oxidation sites excluding steroid dienone is 2. The first-order valence-electron chi connectivity index (χ1n) is 8.27. The Hall–Kier alpha value is -2.75. The largest absolute Gasteiger partial charge is 0.316 e. The smallest absolute Gasteiger partial charge is 0.113 e. The van der Waals surface area contributed by atoms with Crippen LogP contribution in [0.3, 0.4) is 0 Å². The van der Waals surface area contributed by atoms with E-state index in [1.807, 2.05) is 48.5 Å². The van der Waals surface area contributed by atoms with Gasteiger partial charge in [0.25, 0.3) is 0 Å². The van der Waals surface area contributed by atoms with Gasteiger partial charge in [-0.2, -0.15) is 39.3 Å². The molecule has 139 valence electrons.